The summed E-state index contributed by atoms with van der Waals surface area (Å²) in [7, 11) is 0. The van der Waals surface area contributed by atoms with Crippen LogP contribution in [0.1, 0.15) is 30.0 Å². The summed E-state index contributed by atoms with van der Waals surface area (Å²) < 4.78 is 13.4. The highest BCUT2D eigenvalue weighted by molar-refractivity contribution is 5.85. The largest absolute Gasteiger partial charge is 0.505 e. The molecule has 1 saturated heterocycles. The molecule has 0 spiro atoms. The third kappa shape index (κ3) is 2.63. The van der Waals surface area contributed by atoms with Crippen LogP contribution in [0.4, 0.5) is 4.39 Å². The summed E-state index contributed by atoms with van der Waals surface area (Å²) >= 11 is 0. The lowest BCUT2D eigenvalue weighted by Gasteiger charge is -2.26. The Morgan fingerprint density at radius 1 is 1.00 bits per heavy atom. The normalized spacial score (nSPS) is 16.5. The summed E-state index contributed by atoms with van der Waals surface area (Å²) in [5.41, 5.74) is 2.52. The number of pyridine rings is 1. The number of fused-ring (bicyclic) bond motifs is 1. The molecule has 0 bridgehead atoms. The van der Waals surface area contributed by atoms with Crippen molar-refractivity contribution in [3.05, 3.63) is 71.7 Å². The first-order chi connectivity index (χ1) is 11.7. The van der Waals surface area contributed by atoms with Crippen molar-refractivity contribution < 1.29 is 14.4 Å². The van der Waals surface area contributed by atoms with Gasteiger partial charge in [0.15, 0.2) is 5.75 Å². The van der Waals surface area contributed by atoms with Gasteiger partial charge in [0.1, 0.15) is 17.4 Å². The highest BCUT2D eigenvalue weighted by Gasteiger charge is 2.31. The lowest BCUT2D eigenvalue weighted by atomic mass is 9.95. The lowest BCUT2D eigenvalue weighted by Crippen LogP contribution is -3.10. The van der Waals surface area contributed by atoms with Crippen LogP contribution in [0.2, 0.25) is 0 Å². The highest BCUT2D eigenvalue weighted by atomic mass is 19.1. The Morgan fingerprint density at radius 2 is 1.75 bits per heavy atom. The molecule has 3 nitrogen and oxygen atoms in total. The van der Waals surface area contributed by atoms with Gasteiger partial charge in [0, 0.05) is 30.0 Å². The van der Waals surface area contributed by atoms with Crippen LogP contribution in [-0.4, -0.2) is 23.2 Å². The molecule has 24 heavy (non-hydrogen) atoms. The van der Waals surface area contributed by atoms with E-state index in [0.29, 0.717) is 5.52 Å². The fourth-order valence-electron chi connectivity index (χ4n) is 3.79. The first-order valence-corrected chi connectivity index (χ1v) is 8.40. The molecule has 2 N–H and O–H groups in total. The second kappa shape index (κ2) is 6.21. The van der Waals surface area contributed by atoms with Gasteiger partial charge in [-0.1, -0.05) is 12.1 Å². The van der Waals surface area contributed by atoms with E-state index in [1.54, 1.807) is 6.20 Å². The zero-order chi connectivity index (χ0) is 16.5. The molecule has 1 aliphatic rings. The molecule has 0 radical (unpaired) electrons. The van der Waals surface area contributed by atoms with Crippen molar-refractivity contribution in [2.75, 3.05) is 13.1 Å². The molecule has 0 saturated carbocycles. The summed E-state index contributed by atoms with van der Waals surface area (Å²) in [6.45, 7) is 2.11. The van der Waals surface area contributed by atoms with Crippen LogP contribution in [0.25, 0.3) is 10.9 Å². The molecule has 4 heteroatoms. The Balaban J connectivity index is 1.86. The fraction of sp³-hybridized carbons (Fsp3) is 0.250. The summed E-state index contributed by atoms with van der Waals surface area (Å²) in [6.07, 6.45) is 4.06. The standard InChI is InChI=1S/C20H19FN2O/c21-16-8-5-15(6-9-16)19(23-12-1-2-13-23)17-10-7-14-4-3-11-22-18(14)20(17)24/h3-11,19,24H,1-2,12-13H2/p+1. The smallest absolute Gasteiger partial charge is 0.151 e. The number of nitrogens with zero attached hydrogens (tertiary/aromatic N) is 1. The minimum absolute atomic E-state index is 0.000457. The van der Waals surface area contributed by atoms with Gasteiger partial charge in [-0.2, -0.15) is 0 Å². The summed E-state index contributed by atoms with van der Waals surface area (Å²) in [5.74, 6) is 0.000136. The number of nitrogens with one attached hydrogen (secondary N) is 1. The average molecular weight is 323 g/mol. The number of likely N-dealkylation sites (tertiary alicyclic amines) is 1. The molecule has 1 aromatic heterocycles. The first kappa shape index (κ1) is 15.1. The van der Waals surface area contributed by atoms with Gasteiger partial charge in [-0.05, 0) is 36.4 Å². The van der Waals surface area contributed by atoms with Gasteiger partial charge in [0.05, 0.1) is 18.7 Å². The number of halogens is 1. The Bertz CT molecular complexity index is 857. The molecule has 1 aliphatic heterocycles. The van der Waals surface area contributed by atoms with Crippen LogP contribution in [-0.2, 0) is 0 Å². The zero-order valence-corrected chi connectivity index (χ0v) is 13.4. The average Bonchev–Trinajstić information content (AvgIpc) is 3.13. The molecule has 1 atom stereocenters. The van der Waals surface area contributed by atoms with Gasteiger partial charge in [0.25, 0.3) is 0 Å². The predicted octanol–water partition coefficient (Wildman–Crippen LogP) is 2.85. The number of phenols is 1. The van der Waals surface area contributed by atoms with Crippen LogP contribution < -0.4 is 4.90 Å². The number of hydrogen-bond donors (Lipinski definition) is 2. The maximum Gasteiger partial charge on any atom is 0.151 e. The molecule has 0 amide bonds. The highest BCUT2D eigenvalue weighted by Crippen LogP contribution is 2.33. The van der Waals surface area contributed by atoms with E-state index in [0.717, 1.165) is 29.6 Å². The van der Waals surface area contributed by atoms with E-state index < -0.39 is 0 Å². The lowest BCUT2D eigenvalue weighted by molar-refractivity contribution is -0.913. The third-order valence-electron chi connectivity index (χ3n) is 4.95. The van der Waals surface area contributed by atoms with Crippen LogP contribution in [0.3, 0.4) is 0 Å². The number of hydrogen-bond acceptors (Lipinski definition) is 2. The monoisotopic (exact) mass is 323 g/mol. The second-order valence-corrected chi connectivity index (χ2v) is 6.43. The van der Waals surface area contributed by atoms with Crippen molar-refractivity contribution in [1.82, 2.24) is 4.98 Å². The van der Waals surface area contributed by atoms with Crippen molar-refractivity contribution in [2.45, 2.75) is 18.9 Å². The van der Waals surface area contributed by atoms with Crippen LogP contribution in [0.5, 0.6) is 5.75 Å². The molecular weight excluding hydrogens is 303 g/mol. The van der Waals surface area contributed by atoms with E-state index in [1.807, 2.05) is 36.4 Å². The Kier molecular flexibility index (Phi) is 3.90. The van der Waals surface area contributed by atoms with Crippen molar-refractivity contribution in [2.24, 2.45) is 0 Å². The fourth-order valence-corrected chi connectivity index (χ4v) is 3.79. The predicted molar refractivity (Wildman–Crippen MR) is 91.6 cm³/mol. The number of aromatic hydroxyl groups is 1. The van der Waals surface area contributed by atoms with Crippen LogP contribution >= 0.6 is 0 Å². The Morgan fingerprint density at radius 3 is 2.50 bits per heavy atom. The first-order valence-electron chi connectivity index (χ1n) is 8.40. The van der Waals surface area contributed by atoms with Crippen LogP contribution in [0.15, 0.2) is 54.7 Å². The van der Waals surface area contributed by atoms with E-state index in [4.69, 9.17) is 0 Å². The molecule has 2 heterocycles. The van der Waals surface area contributed by atoms with E-state index in [1.165, 1.54) is 29.9 Å². The van der Waals surface area contributed by atoms with E-state index in [-0.39, 0.29) is 17.6 Å². The molecule has 1 fully saturated rings. The van der Waals surface area contributed by atoms with Gasteiger partial charge in [-0.3, -0.25) is 4.98 Å². The second-order valence-electron chi connectivity index (χ2n) is 6.43. The number of quaternary nitrogens is 1. The molecule has 1 unspecified atom stereocenters. The maximum absolute atomic E-state index is 13.4. The summed E-state index contributed by atoms with van der Waals surface area (Å²) in [5, 5.41) is 11.8. The minimum Gasteiger partial charge on any atom is -0.505 e. The van der Waals surface area contributed by atoms with Crippen molar-refractivity contribution in [3.8, 4) is 5.75 Å². The third-order valence-corrected chi connectivity index (χ3v) is 4.95. The van der Waals surface area contributed by atoms with E-state index in [9.17, 15) is 9.50 Å². The number of phenolic OH excluding ortho intramolecular Hbond substituents is 1. The molecular formula is C20H20FN2O+. The van der Waals surface area contributed by atoms with Gasteiger partial charge >= 0.3 is 0 Å². The maximum atomic E-state index is 13.4. The quantitative estimate of drug-likeness (QED) is 0.778. The SMILES string of the molecule is Oc1c(C(c2ccc(F)cc2)[NH+]2CCCC2)ccc2cccnc12. The Labute approximate surface area is 140 Å². The van der Waals surface area contributed by atoms with Gasteiger partial charge in [0.2, 0.25) is 0 Å². The van der Waals surface area contributed by atoms with Gasteiger partial charge in [-0.25, -0.2) is 4.39 Å². The number of rotatable bonds is 3. The van der Waals surface area contributed by atoms with Crippen molar-refractivity contribution in [3.63, 3.8) is 0 Å². The molecule has 4 rings (SSSR count). The summed E-state index contributed by atoms with van der Waals surface area (Å²) in [6, 6.07) is 14.4. The minimum atomic E-state index is -0.238. The number of aromatic nitrogens is 1. The zero-order valence-electron chi connectivity index (χ0n) is 13.4. The molecule has 3 aromatic rings. The number of benzene rings is 2. The summed E-state index contributed by atoms with van der Waals surface area (Å²) in [4.78, 5) is 5.75. The van der Waals surface area contributed by atoms with E-state index in [2.05, 4.69) is 4.98 Å². The Hall–Kier alpha value is -2.46. The molecule has 0 aliphatic carbocycles. The molecule has 122 valence electrons. The van der Waals surface area contributed by atoms with Crippen LogP contribution in [0, 0.1) is 5.82 Å². The van der Waals surface area contributed by atoms with Crippen molar-refractivity contribution >= 4 is 10.9 Å². The topological polar surface area (TPSA) is 37.6 Å². The van der Waals surface area contributed by atoms with E-state index >= 15 is 0 Å². The molecule has 2 aromatic carbocycles. The van der Waals surface area contributed by atoms with Gasteiger partial charge in [-0.15, -0.1) is 0 Å². The van der Waals surface area contributed by atoms with Crippen molar-refractivity contribution in [1.29, 1.82) is 0 Å². The van der Waals surface area contributed by atoms with Gasteiger partial charge < -0.3 is 10.0 Å².